The summed E-state index contributed by atoms with van der Waals surface area (Å²) in [6.45, 7) is 7.07. The maximum Gasteiger partial charge on any atom is 0.123 e. The van der Waals surface area contributed by atoms with Crippen LogP contribution >= 0.6 is 0 Å². The SMILES string of the molecule is CC1CCCCN1C1CN(Cc2nc3ccccc3n2C)C1. The molecular weight excluding hydrogens is 272 g/mol. The second-order valence-corrected chi connectivity index (χ2v) is 7.01. The highest BCUT2D eigenvalue weighted by molar-refractivity contribution is 5.75. The Kier molecular flexibility index (Phi) is 3.66. The van der Waals surface area contributed by atoms with Crippen LogP contribution in [0, 0.1) is 0 Å². The lowest BCUT2D eigenvalue weighted by Crippen LogP contribution is -2.61. The number of imidazole rings is 1. The first kappa shape index (κ1) is 14.2. The Morgan fingerprint density at radius 1 is 1.18 bits per heavy atom. The number of hydrogen-bond acceptors (Lipinski definition) is 3. The summed E-state index contributed by atoms with van der Waals surface area (Å²) in [5, 5.41) is 0. The maximum absolute atomic E-state index is 4.79. The van der Waals surface area contributed by atoms with Gasteiger partial charge in [0, 0.05) is 32.2 Å². The van der Waals surface area contributed by atoms with Crippen molar-refractivity contribution in [3.63, 3.8) is 0 Å². The van der Waals surface area contributed by atoms with E-state index in [0.29, 0.717) is 0 Å². The second-order valence-electron chi connectivity index (χ2n) is 7.01. The summed E-state index contributed by atoms with van der Waals surface area (Å²) < 4.78 is 2.24. The Balaban J connectivity index is 1.40. The van der Waals surface area contributed by atoms with Gasteiger partial charge in [-0.05, 0) is 38.4 Å². The summed E-state index contributed by atoms with van der Waals surface area (Å²) in [4.78, 5) is 10.1. The van der Waals surface area contributed by atoms with Gasteiger partial charge in [0.15, 0.2) is 0 Å². The van der Waals surface area contributed by atoms with Crippen molar-refractivity contribution >= 4 is 11.0 Å². The monoisotopic (exact) mass is 298 g/mol. The molecule has 1 unspecified atom stereocenters. The van der Waals surface area contributed by atoms with E-state index in [2.05, 4.69) is 52.6 Å². The lowest BCUT2D eigenvalue weighted by molar-refractivity contribution is -0.00759. The molecule has 0 N–H and O–H groups in total. The normalized spacial score (nSPS) is 24.7. The molecule has 22 heavy (non-hydrogen) atoms. The van der Waals surface area contributed by atoms with Crippen LogP contribution in [0.25, 0.3) is 11.0 Å². The molecule has 2 aliphatic heterocycles. The Morgan fingerprint density at radius 2 is 2.00 bits per heavy atom. The molecule has 0 amide bonds. The Bertz CT molecular complexity index is 656. The van der Waals surface area contributed by atoms with E-state index in [1.54, 1.807) is 0 Å². The molecule has 0 bridgehead atoms. The van der Waals surface area contributed by atoms with Gasteiger partial charge in [-0.2, -0.15) is 0 Å². The van der Waals surface area contributed by atoms with Crippen molar-refractivity contribution in [3.8, 4) is 0 Å². The van der Waals surface area contributed by atoms with Gasteiger partial charge in [0.1, 0.15) is 5.82 Å². The third kappa shape index (κ3) is 2.44. The Hall–Kier alpha value is -1.39. The minimum atomic E-state index is 0.769. The maximum atomic E-state index is 4.79. The van der Waals surface area contributed by atoms with Crippen LogP contribution in [0.15, 0.2) is 24.3 Å². The van der Waals surface area contributed by atoms with Crippen LogP contribution in [0.1, 0.15) is 32.0 Å². The first-order valence-corrected chi connectivity index (χ1v) is 8.61. The summed E-state index contributed by atoms with van der Waals surface area (Å²) in [7, 11) is 2.13. The van der Waals surface area contributed by atoms with Crippen LogP contribution in [0.4, 0.5) is 0 Å². The zero-order valence-corrected chi connectivity index (χ0v) is 13.7. The van der Waals surface area contributed by atoms with Crippen LogP contribution in [0.5, 0.6) is 0 Å². The van der Waals surface area contributed by atoms with Crippen LogP contribution in [0.3, 0.4) is 0 Å². The molecule has 3 heterocycles. The van der Waals surface area contributed by atoms with Crippen LogP contribution in [-0.2, 0) is 13.6 Å². The molecule has 0 saturated carbocycles. The second kappa shape index (κ2) is 5.67. The van der Waals surface area contributed by atoms with E-state index in [4.69, 9.17) is 4.98 Å². The van der Waals surface area contributed by atoms with E-state index >= 15 is 0 Å². The predicted octanol–water partition coefficient (Wildman–Crippen LogP) is 2.63. The van der Waals surface area contributed by atoms with Crippen molar-refractivity contribution < 1.29 is 0 Å². The summed E-state index contributed by atoms with van der Waals surface area (Å²) in [6.07, 6.45) is 4.17. The molecule has 2 fully saturated rings. The highest BCUT2D eigenvalue weighted by atomic mass is 15.3. The summed E-state index contributed by atoms with van der Waals surface area (Å²) in [5.74, 6) is 1.19. The van der Waals surface area contributed by atoms with Crippen molar-refractivity contribution in [1.29, 1.82) is 0 Å². The summed E-state index contributed by atoms with van der Waals surface area (Å²) in [5.41, 5.74) is 2.35. The number of aryl methyl sites for hydroxylation is 1. The van der Waals surface area contributed by atoms with Gasteiger partial charge in [-0.3, -0.25) is 9.80 Å². The molecule has 4 rings (SSSR count). The molecule has 2 aliphatic rings. The fourth-order valence-electron chi connectivity index (χ4n) is 4.08. The van der Waals surface area contributed by atoms with E-state index in [0.717, 1.165) is 24.1 Å². The van der Waals surface area contributed by atoms with Crippen LogP contribution in [0.2, 0.25) is 0 Å². The molecule has 2 saturated heterocycles. The Labute approximate surface area is 132 Å². The number of benzene rings is 1. The zero-order chi connectivity index (χ0) is 15.1. The first-order chi connectivity index (χ1) is 10.7. The van der Waals surface area contributed by atoms with Gasteiger partial charge in [-0.15, -0.1) is 0 Å². The molecule has 0 aliphatic carbocycles. The van der Waals surface area contributed by atoms with Gasteiger partial charge in [-0.25, -0.2) is 4.98 Å². The van der Waals surface area contributed by atoms with Gasteiger partial charge in [0.05, 0.1) is 17.6 Å². The number of fused-ring (bicyclic) bond motifs is 1. The molecule has 1 atom stereocenters. The minimum Gasteiger partial charge on any atom is -0.330 e. The number of nitrogens with zero attached hydrogens (tertiary/aromatic N) is 4. The van der Waals surface area contributed by atoms with Crippen LogP contribution in [-0.4, -0.2) is 51.1 Å². The minimum absolute atomic E-state index is 0.769. The zero-order valence-electron chi connectivity index (χ0n) is 13.7. The number of piperidine rings is 1. The molecule has 118 valence electrons. The summed E-state index contributed by atoms with van der Waals surface area (Å²) >= 11 is 0. The molecule has 0 spiro atoms. The number of rotatable bonds is 3. The average molecular weight is 298 g/mol. The molecule has 1 aromatic heterocycles. The molecule has 4 nitrogen and oxygen atoms in total. The quantitative estimate of drug-likeness (QED) is 0.870. The van der Waals surface area contributed by atoms with Crippen molar-refractivity contribution in [2.75, 3.05) is 19.6 Å². The Morgan fingerprint density at radius 3 is 2.77 bits per heavy atom. The van der Waals surface area contributed by atoms with Gasteiger partial charge in [0.25, 0.3) is 0 Å². The number of hydrogen-bond donors (Lipinski definition) is 0. The number of aromatic nitrogens is 2. The standard InChI is InChI=1S/C18H26N4/c1-14-7-5-6-10-22(14)15-11-21(12-15)13-18-19-16-8-3-4-9-17(16)20(18)2/h3-4,8-9,14-15H,5-7,10-13H2,1-2H3. The van der Waals surface area contributed by atoms with Crippen molar-refractivity contribution in [2.24, 2.45) is 7.05 Å². The van der Waals surface area contributed by atoms with E-state index in [1.807, 2.05) is 0 Å². The lowest BCUT2D eigenvalue weighted by atomic mass is 9.97. The third-order valence-electron chi connectivity index (χ3n) is 5.51. The van der Waals surface area contributed by atoms with Crippen molar-refractivity contribution in [1.82, 2.24) is 19.4 Å². The molecule has 1 aromatic carbocycles. The van der Waals surface area contributed by atoms with Gasteiger partial charge >= 0.3 is 0 Å². The van der Waals surface area contributed by atoms with Gasteiger partial charge in [0.2, 0.25) is 0 Å². The van der Waals surface area contributed by atoms with Crippen LogP contribution < -0.4 is 0 Å². The highest BCUT2D eigenvalue weighted by Crippen LogP contribution is 2.25. The third-order valence-corrected chi connectivity index (χ3v) is 5.51. The number of likely N-dealkylation sites (tertiary alicyclic amines) is 2. The van der Waals surface area contributed by atoms with E-state index in [9.17, 15) is 0 Å². The predicted molar refractivity (Wildman–Crippen MR) is 89.8 cm³/mol. The smallest absolute Gasteiger partial charge is 0.123 e. The van der Waals surface area contributed by atoms with E-state index < -0.39 is 0 Å². The molecular formula is C18H26N4. The summed E-state index contributed by atoms with van der Waals surface area (Å²) in [6, 6.07) is 9.95. The van der Waals surface area contributed by atoms with Crippen molar-refractivity contribution in [3.05, 3.63) is 30.1 Å². The fraction of sp³-hybridized carbons (Fsp3) is 0.611. The lowest BCUT2D eigenvalue weighted by Gasteiger charge is -2.49. The van der Waals surface area contributed by atoms with Gasteiger partial charge in [-0.1, -0.05) is 18.6 Å². The molecule has 0 radical (unpaired) electrons. The van der Waals surface area contributed by atoms with E-state index in [-0.39, 0.29) is 0 Å². The van der Waals surface area contributed by atoms with E-state index in [1.165, 1.54) is 50.2 Å². The molecule has 2 aromatic rings. The highest BCUT2D eigenvalue weighted by Gasteiger charge is 2.35. The first-order valence-electron chi connectivity index (χ1n) is 8.61. The number of para-hydroxylation sites is 2. The molecule has 4 heteroatoms. The topological polar surface area (TPSA) is 24.3 Å². The fourth-order valence-corrected chi connectivity index (χ4v) is 4.08. The van der Waals surface area contributed by atoms with Gasteiger partial charge < -0.3 is 4.57 Å². The average Bonchev–Trinajstić information content (AvgIpc) is 2.81. The largest absolute Gasteiger partial charge is 0.330 e. The van der Waals surface area contributed by atoms with Crippen molar-refractivity contribution in [2.45, 2.75) is 44.8 Å².